The van der Waals surface area contributed by atoms with E-state index in [-0.39, 0.29) is 0 Å². The Labute approximate surface area is 141 Å². The lowest BCUT2D eigenvalue weighted by Gasteiger charge is -2.34. The van der Waals surface area contributed by atoms with Gasteiger partial charge in [-0.2, -0.15) is 0 Å². The van der Waals surface area contributed by atoms with Crippen molar-refractivity contribution in [2.45, 2.75) is 13.1 Å². The molecule has 0 saturated carbocycles. The summed E-state index contributed by atoms with van der Waals surface area (Å²) >= 11 is 0. The first-order chi connectivity index (χ1) is 11.8. The van der Waals surface area contributed by atoms with Gasteiger partial charge in [0.25, 0.3) is 0 Å². The average Bonchev–Trinajstić information content (AvgIpc) is 3.06. The third-order valence-corrected chi connectivity index (χ3v) is 4.73. The minimum absolute atomic E-state index is 0.347. The average molecular weight is 322 g/mol. The van der Waals surface area contributed by atoms with Gasteiger partial charge in [0.2, 0.25) is 0 Å². The highest BCUT2D eigenvalue weighted by Gasteiger charge is 2.18. The van der Waals surface area contributed by atoms with Crippen LogP contribution in [-0.2, 0) is 13.1 Å². The molecule has 0 atom stereocenters. The third kappa shape index (κ3) is 3.27. The van der Waals surface area contributed by atoms with Crippen LogP contribution in [0.3, 0.4) is 0 Å². The summed E-state index contributed by atoms with van der Waals surface area (Å²) in [6.45, 7) is 6.10. The molecular formula is C19H22N4O. The van der Waals surface area contributed by atoms with Crippen molar-refractivity contribution in [3.63, 3.8) is 0 Å². The number of H-pyrrole nitrogens is 1. The standard InChI is InChI=1S/C19H22N4O/c24-17-3-1-2-15(12-17)13-22-8-10-23(11-9-22)14-16-4-6-20-19-18(16)5-7-21-19/h1-7,12,24H,8-11,13-14H2,(H,20,21). The van der Waals surface area contributed by atoms with Gasteiger partial charge in [-0.25, -0.2) is 4.98 Å². The number of phenolic OH excluding ortho intramolecular Hbond substituents is 1. The van der Waals surface area contributed by atoms with Crippen LogP contribution in [-0.4, -0.2) is 51.1 Å². The monoisotopic (exact) mass is 322 g/mol. The van der Waals surface area contributed by atoms with E-state index in [9.17, 15) is 5.11 Å². The van der Waals surface area contributed by atoms with Crippen LogP contribution in [0, 0.1) is 0 Å². The summed E-state index contributed by atoms with van der Waals surface area (Å²) in [5.74, 6) is 0.347. The van der Waals surface area contributed by atoms with E-state index in [1.54, 1.807) is 6.07 Å². The van der Waals surface area contributed by atoms with Crippen molar-refractivity contribution >= 4 is 11.0 Å². The number of aromatic nitrogens is 2. The fourth-order valence-corrected chi connectivity index (χ4v) is 3.42. The van der Waals surface area contributed by atoms with Gasteiger partial charge in [-0.3, -0.25) is 9.80 Å². The number of fused-ring (bicyclic) bond motifs is 1. The van der Waals surface area contributed by atoms with Gasteiger partial charge >= 0.3 is 0 Å². The molecule has 0 unspecified atom stereocenters. The molecule has 4 rings (SSSR count). The Morgan fingerprint density at radius 3 is 2.58 bits per heavy atom. The number of rotatable bonds is 4. The highest BCUT2D eigenvalue weighted by Crippen LogP contribution is 2.19. The molecular weight excluding hydrogens is 300 g/mol. The van der Waals surface area contributed by atoms with Gasteiger partial charge in [0.05, 0.1) is 0 Å². The fraction of sp³-hybridized carbons (Fsp3) is 0.316. The number of hydrogen-bond donors (Lipinski definition) is 2. The topological polar surface area (TPSA) is 55.4 Å². The minimum Gasteiger partial charge on any atom is -0.508 e. The highest BCUT2D eigenvalue weighted by molar-refractivity contribution is 5.79. The zero-order chi connectivity index (χ0) is 16.4. The summed E-state index contributed by atoms with van der Waals surface area (Å²) in [6, 6.07) is 11.8. The van der Waals surface area contributed by atoms with E-state index < -0.39 is 0 Å². The number of piperazine rings is 1. The predicted octanol–water partition coefficient (Wildman–Crippen LogP) is 2.59. The molecule has 5 heteroatoms. The molecule has 0 spiro atoms. The van der Waals surface area contributed by atoms with Crippen molar-refractivity contribution in [1.82, 2.24) is 19.8 Å². The van der Waals surface area contributed by atoms with Crippen LogP contribution in [0.2, 0.25) is 0 Å². The maximum atomic E-state index is 9.58. The van der Waals surface area contributed by atoms with Gasteiger partial charge in [-0.1, -0.05) is 12.1 Å². The van der Waals surface area contributed by atoms with Crippen molar-refractivity contribution in [1.29, 1.82) is 0 Å². The Morgan fingerprint density at radius 1 is 1.00 bits per heavy atom. The summed E-state index contributed by atoms with van der Waals surface area (Å²) < 4.78 is 0. The zero-order valence-corrected chi connectivity index (χ0v) is 13.7. The fourth-order valence-electron chi connectivity index (χ4n) is 3.42. The molecule has 124 valence electrons. The van der Waals surface area contributed by atoms with Gasteiger partial charge in [-0.15, -0.1) is 0 Å². The third-order valence-electron chi connectivity index (χ3n) is 4.73. The lowest BCUT2D eigenvalue weighted by Crippen LogP contribution is -2.45. The second-order valence-corrected chi connectivity index (χ2v) is 6.43. The molecule has 3 aromatic rings. The number of aromatic hydroxyl groups is 1. The number of pyridine rings is 1. The number of aromatic amines is 1. The van der Waals surface area contributed by atoms with Crippen molar-refractivity contribution in [2.75, 3.05) is 26.2 Å². The van der Waals surface area contributed by atoms with Crippen molar-refractivity contribution in [3.05, 3.63) is 59.9 Å². The van der Waals surface area contributed by atoms with Gasteiger partial charge in [0, 0.05) is 57.0 Å². The number of hydrogen-bond acceptors (Lipinski definition) is 4. The second-order valence-electron chi connectivity index (χ2n) is 6.43. The van der Waals surface area contributed by atoms with Gasteiger partial charge < -0.3 is 10.1 Å². The van der Waals surface area contributed by atoms with Crippen molar-refractivity contribution in [2.24, 2.45) is 0 Å². The number of benzene rings is 1. The molecule has 1 aliphatic heterocycles. The molecule has 2 aromatic heterocycles. The maximum Gasteiger partial charge on any atom is 0.137 e. The number of phenols is 1. The Hall–Kier alpha value is -2.37. The molecule has 1 saturated heterocycles. The van der Waals surface area contributed by atoms with E-state index >= 15 is 0 Å². The van der Waals surface area contributed by atoms with Gasteiger partial charge in [0.1, 0.15) is 11.4 Å². The minimum atomic E-state index is 0.347. The Bertz CT molecular complexity index is 821. The quantitative estimate of drug-likeness (QED) is 0.775. The molecule has 2 N–H and O–H groups in total. The van der Waals surface area contributed by atoms with E-state index in [0.29, 0.717) is 5.75 Å². The summed E-state index contributed by atoms with van der Waals surface area (Å²) in [5, 5.41) is 10.8. The van der Waals surface area contributed by atoms with Crippen LogP contribution < -0.4 is 0 Å². The van der Waals surface area contributed by atoms with Gasteiger partial charge in [0.15, 0.2) is 0 Å². The smallest absolute Gasteiger partial charge is 0.137 e. The lowest BCUT2D eigenvalue weighted by atomic mass is 10.1. The molecule has 0 bridgehead atoms. The van der Waals surface area contributed by atoms with E-state index in [1.165, 1.54) is 16.5 Å². The van der Waals surface area contributed by atoms with Crippen LogP contribution in [0.1, 0.15) is 11.1 Å². The van der Waals surface area contributed by atoms with Gasteiger partial charge in [-0.05, 0) is 35.4 Å². The Balaban J connectivity index is 1.35. The Kier molecular flexibility index (Phi) is 4.19. The molecule has 5 nitrogen and oxygen atoms in total. The SMILES string of the molecule is Oc1cccc(CN2CCN(Cc3ccnc4[nH]ccc34)CC2)c1. The van der Waals surface area contributed by atoms with Crippen LogP contribution in [0.5, 0.6) is 5.75 Å². The van der Waals surface area contributed by atoms with Crippen LogP contribution in [0.15, 0.2) is 48.8 Å². The molecule has 1 aromatic carbocycles. The molecule has 0 radical (unpaired) electrons. The summed E-state index contributed by atoms with van der Waals surface area (Å²) in [7, 11) is 0. The largest absolute Gasteiger partial charge is 0.508 e. The van der Waals surface area contributed by atoms with E-state index in [4.69, 9.17) is 0 Å². The lowest BCUT2D eigenvalue weighted by molar-refractivity contribution is 0.122. The summed E-state index contributed by atoms with van der Waals surface area (Å²) in [4.78, 5) is 12.5. The van der Waals surface area contributed by atoms with Crippen LogP contribution in [0.25, 0.3) is 11.0 Å². The first-order valence-corrected chi connectivity index (χ1v) is 8.41. The zero-order valence-electron chi connectivity index (χ0n) is 13.7. The van der Waals surface area contributed by atoms with Crippen LogP contribution in [0.4, 0.5) is 0 Å². The van der Waals surface area contributed by atoms with Crippen molar-refractivity contribution in [3.8, 4) is 5.75 Å². The molecule has 24 heavy (non-hydrogen) atoms. The van der Waals surface area contributed by atoms with Crippen molar-refractivity contribution < 1.29 is 5.11 Å². The molecule has 3 heterocycles. The number of nitrogens with one attached hydrogen (secondary N) is 1. The molecule has 0 amide bonds. The molecule has 1 aliphatic rings. The van der Waals surface area contributed by atoms with E-state index in [0.717, 1.165) is 44.9 Å². The summed E-state index contributed by atoms with van der Waals surface area (Å²) in [6.07, 6.45) is 3.83. The normalized spacial score (nSPS) is 16.7. The first kappa shape index (κ1) is 15.2. The Morgan fingerprint density at radius 2 is 1.79 bits per heavy atom. The van der Waals surface area contributed by atoms with Crippen LogP contribution >= 0.6 is 0 Å². The summed E-state index contributed by atoms with van der Waals surface area (Å²) in [5.41, 5.74) is 3.48. The maximum absolute atomic E-state index is 9.58. The van der Waals surface area contributed by atoms with E-state index in [2.05, 4.69) is 38.0 Å². The highest BCUT2D eigenvalue weighted by atomic mass is 16.3. The van der Waals surface area contributed by atoms with E-state index in [1.807, 2.05) is 24.5 Å². The molecule has 0 aliphatic carbocycles. The number of nitrogens with zero attached hydrogens (tertiary/aromatic N) is 3. The first-order valence-electron chi connectivity index (χ1n) is 8.41. The predicted molar refractivity (Wildman–Crippen MR) is 94.8 cm³/mol. The second kappa shape index (κ2) is 6.63. The molecule has 1 fully saturated rings.